The lowest BCUT2D eigenvalue weighted by Crippen LogP contribution is -2.50. The maximum Gasteiger partial charge on any atom is 0.163 e. The van der Waals surface area contributed by atoms with E-state index < -0.39 is 0 Å². The summed E-state index contributed by atoms with van der Waals surface area (Å²) in [6.07, 6.45) is 5.75. The Bertz CT molecular complexity index is 253. The van der Waals surface area contributed by atoms with Crippen LogP contribution in [0.2, 0.25) is 0 Å². The maximum atomic E-state index is 12.2. The molecule has 2 bridgehead atoms. The molecule has 0 spiro atoms. The highest BCUT2D eigenvalue weighted by Gasteiger charge is 2.34. The molecule has 0 aromatic rings. The number of Topliss-reactive ketones (excluding diaryl/α,β-unsaturated/α-hetero) is 1. The van der Waals surface area contributed by atoms with Gasteiger partial charge in [-0.3, -0.25) is 4.79 Å². The smallest absolute Gasteiger partial charge is 0.163 e. The molecule has 2 heterocycles. The molecule has 17 heavy (non-hydrogen) atoms. The van der Waals surface area contributed by atoms with Crippen LogP contribution in [0.4, 0.5) is 0 Å². The molecule has 2 aliphatic heterocycles. The van der Waals surface area contributed by atoms with Crippen molar-refractivity contribution in [1.29, 1.82) is 0 Å². The van der Waals surface area contributed by atoms with E-state index in [1.165, 1.54) is 19.3 Å². The number of hydrogen-bond donors (Lipinski definition) is 1. The molecule has 2 unspecified atom stereocenters. The lowest BCUT2D eigenvalue weighted by atomic mass is 9.78. The first-order valence-electron chi connectivity index (χ1n) is 6.57. The summed E-state index contributed by atoms with van der Waals surface area (Å²) in [4.78, 5) is 12.2. The summed E-state index contributed by atoms with van der Waals surface area (Å²) < 4.78 is 10.2. The standard InChI is InChI=1S/C13H23NO3/c1-16-13(17-2)8-12(15)9-6-10-4-3-5-11(7-9)14-10/h9-11,13-14H,3-8H2,1-2H3. The van der Waals surface area contributed by atoms with Crippen LogP contribution in [-0.4, -0.2) is 38.4 Å². The van der Waals surface area contributed by atoms with Crippen molar-refractivity contribution in [3.63, 3.8) is 0 Å². The molecule has 2 fully saturated rings. The van der Waals surface area contributed by atoms with E-state index in [-0.39, 0.29) is 12.2 Å². The van der Waals surface area contributed by atoms with Gasteiger partial charge in [0.25, 0.3) is 0 Å². The van der Waals surface area contributed by atoms with Gasteiger partial charge in [-0.1, -0.05) is 6.42 Å². The van der Waals surface area contributed by atoms with E-state index in [2.05, 4.69) is 5.32 Å². The van der Waals surface area contributed by atoms with E-state index in [1.54, 1.807) is 14.2 Å². The topological polar surface area (TPSA) is 47.6 Å². The monoisotopic (exact) mass is 241 g/mol. The third-order valence-corrected chi connectivity index (χ3v) is 4.06. The molecule has 4 nitrogen and oxygen atoms in total. The van der Waals surface area contributed by atoms with Crippen LogP contribution in [0.25, 0.3) is 0 Å². The molecule has 4 heteroatoms. The highest BCUT2D eigenvalue weighted by molar-refractivity contribution is 5.81. The first-order valence-corrected chi connectivity index (χ1v) is 6.57. The van der Waals surface area contributed by atoms with Gasteiger partial charge in [0.1, 0.15) is 5.78 Å². The van der Waals surface area contributed by atoms with Gasteiger partial charge in [-0.2, -0.15) is 0 Å². The third kappa shape index (κ3) is 3.27. The van der Waals surface area contributed by atoms with Gasteiger partial charge < -0.3 is 14.8 Å². The molecule has 0 aromatic carbocycles. The number of carbonyl (C=O) groups excluding carboxylic acids is 1. The van der Waals surface area contributed by atoms with E-state index in [9.17, 15) is 4.79 Å². The minimum Gasteiger partial charge on any atom is -0.355 e. The Balaban J connectivity index is 1.87. The number of piperidine rings is 2. The van der Waals surface area contributed by atoms with Crippen molar-refractivity contribution in [3.05, 3.63) is 0 Å². The molecule has 0 radical (unpaired) electrons. The Labute approximate surface area is 103 Å². The second-order valence-corrected chi connectivity index (χ2v) is 5.23. The van der Waals surface area contributed by atoms with Gasteiger partial charge in [-0.15, -0.1) is 0 Å². The summed E-state index contributed by atoms with van der Waals surface area (Å²) in [5, 5.41) is 3.60. The van der Waals surface area contributed by atoms with Gasteiger partial charge in [0.15, 0.2) is 6.29 Å². The molecule has 98 valence electrons. The van der Waals surface area contributed by atoms with E-state index in [4.69, 9.17) is 9.47 Å². The third-order valence-electron chi connectivity index (χ3n) is 4.06. The van der Waals surface area contributed by atoms with Crippen molar-refractivity contribution in [2.24, 2.45) is 5.92 Å². The zero-order valence-electron chi connectivity index (χ0n) is 10.8. The number of rotatable bonds is 5. The lowest BCUT2D eigenvalue weighted by molar-refractivity contribution is -0.142. The van der Waals surface area contributed by atoms with Crippen LogP contribution in [0.3, 0.4) is 0 Å². The van der Waals surface area contributed by atoms with Crippen LogP contribution in [0.15, 0.2) is 0 Å². The molecular formula is C13H23NO3. The van der Waals surface area contributed by atoms with Gasteiger partial charge in [-0.05, 0) is 25.7 Å². The van der Waals surface area contributed by atoms with Crippen molar-refractivity contribution in [3.8, 4) is 0 Å². The summed E-state index contributed by atoms with van der Waals surface area (Å²) >= 11 is 0. The van der Waals surface area contributed by atoms with E-state index in [0.29, 0.717) is 24.3 Å². The number of methoxy groups -OCH3 is 2. The Morgan fingerprint density at radius 1 is 1.24 bits per heavy atom. The zero-order chi connectivity index (χ0) is 12.3. The summed E-state index contributed by atoms with van der Waals surface area (Å²) in [5.41, 5.74) is 0. The fraction of sp³-hybridized carbons (Fsp3) is 0.923. The SMILES string of the molecule is COC(CC(=O)C1CC2CCCC(C1)N2)OC. The van der Waals surface area contributed by atoms with Gasteiger partial charge in [0, 0.05) is 32.2 Å². The Kier molecular flexibility index (Phi) is 4.54. The number of hydrogen-bond acceptors (Lipinski definition) is 4. The molecule has 0 amide bonds. The minimum atomic E-state index is -0.378. The molecule has 0 saturated carbocycles. The summed E-state index contributed by atoms with van der Waals surface area (Å²) in [5.74, 6) is 0.511. The molecule has 2 aliphatic rings. The van der Waals surface area contributed by atoms with E-state index >= 15 is 0 Å². The van der Waals surface area contributed by atoms with Crippen molar-refractivity contribution in [2.75, 3.05) is 14.2 Å². The number of fused-ring (bicyclic) bond motifs is 2. The fourth-order valence-electron chi connectivity index (χ4n) is 3.12. The normalized spacial score (nSPS) is 32.8. The highest BCUT2D eigenvalue weighted by Crippen LogP contribution is 2.31. The predicted molar refractivity (Wildman–Crippen MR) is 64.7 cm³/mol. The molecule has 2 saturated heterocycles. The second-order valence-electron chi connectivity index (χ2n) is 5.23. The van der Waals surface area contributed by atoms with Gasteiger partial charge in [0.05, 0.1) is 6.42 Å². The predicted octanol–water partition coefficient (Wildman–Crippen LogP) is 1.49. The molecule has 2 rings (SSSR count). The summed E-state index contributed by atoms with van der Waals surface area (Å²) in [7, 11) is 3.16. The van der Waals surface area contributed by atoms with Crippen molar-refractivity contribution in [1.82, 2.24) is 5.32 Å². The van der Waals surface area contributed by atoms with Gasteiger partial charge in [0.2, 0.25) is 0 Å². The Hall–Kier alpha value is -0.450. The van der Waals surface area contributed by atoms with Crippen LogP contribution in [0.1, 0.15) is 38.5 Å². The van der Waals surface area contributed by atoms with Crippen molar-refractivity contribution in [2.45, 2.75) is 56.9 Å². The molecule has 1 N–H and O–H groups in total. The van der Waals surface area contributed by atoms with E-state index in [1.807, 2.05) is 0 Å². The maximum absolute atomic E-state index is 12.2. The second kappa shape index (κ2) is 5.94. The number of nitrogens with one attached hydrogen (secondary N) is 1. The zero-order valence-corrected chi connectivity index (χ0v) is 10.8. The average molecular weight is 241 g/mol. The quantitative estimate of drug-likeness (QED) is 0.741. The van der Waals surface area contributed by atoms with E-state index in [0.717, 1.165) is 12.8 Å². The van der Waals surface area contributed by atoms with Crippen molar-refractivity contribution < 1.29 is 14.3 Å². The van der Waals surface area contributed by atoms with Crippen LogP contribution in [-0.2, 0) is 14.3 Å². The van der Waals surface area contributed by atoms with Crippen LogP contribution in [0.5, 0.6) is 0 Å². The Morgan fingerprint density at radius 3 is 2.35 bits per heavy atom. The van der Waals surface area contributed by atoms with Crippen LogP contribution < -0.4 is 5.32 Å². The van der Waals surface area contributed by atoms with Crippen molar-refractivity contribution >= 4 is 5.78 Å². The summed E-state index contributed by atoms with van der Waals surface area (Å²) in [6, 6.07) is 1.11. The molecule has 0 aromatic heterocycles. The molecule has 0 aliphatic carbocycles. The molecular weight excluding hydrogens is 218 g/mol. The first kappa shape index (κ1) is 13.0. The highest BCUT2D eigenvalue weighted by atomic mass is 16.7. The fourth-order valence-corrected chi connectivity index (χ4v) is 3.12. The Morgan fingerprint density at radius 2 is 1.82 bits per heavy atom. The summed E-state index contributed by atoms with van der Waals surface area (Å²) in [6.45, 7) is 0. The van der Waals surface area contributed by atoms with Crippen LogP contribution in [0, 0.1) is 5.92 Å². The lowest BCUT2D eigenvalue weighted by Gasteiger charge is -2.40. The number of ether oxygens (including phenoxy) is 2. The average Bonchev–Trinajstić information content (AvgIpc) is 2.35. The van der Waals surface area contributed by atoms with Gasteiger partial charge in [-0.25, -0.2) is 0 Å². The minimum absolute atomic E-state index is 0.208. The van der Waals surface area contributed by atoms with Gasteiger partial charge >= 0.3 is 0 Å². The number of ketones is 1. The van der Waals surface area contributed by atoms with Crippen LogP contribution >= 0.6 is 0 Å². The first-order chi connectivity index (χ1) is 8.22. The number of carbonyl (C=O) groups is 1. The molecule has 2 atom stereocenters. The largest absolute Gasteiger partial charge is 0.355 e.